The maximum atomic E-state index is 5.46. The molecule has 2 aromatic rings. The van der Waals surface area contributed by atoms with Crippen molar-refractivity contribution in [3.63, 3.8) is 0 Å². The van der Waals surface area contributed by atoms with E-state index in [1.54, 1.807) is 6.26 Å². The van der Waals surface area contributed by atoms with E-state index in [0.717, 1.165) is 19.3 Å². The summed E-state index contributed by atoms with van der Waals surface area (Å²) in [5.74, 6) is 0.663. The van der Waals surface area contributed by atoms with E-state index in [-0.39, 0.29) is 0 Å². The second kappa shape index (κ2) is 5.29. The molecule has 0 fully saturated rings. The van der Waals surface area contributed by atoms with E-state index in [9.17, 15) is 0 Å². The molecule has 5 heteroatoms. The summed E-state index contributed by atoms with van der Waals surface area (Å²) in [6.07, 6.45) is 1.68. The summed E-state index contributed by atoms with van der Waals surface area (Å²) >= 11 is 5.72. The van der Waals surface area contributed by atoms with E-state index in [0.29, 0.717) is 12.4 Å². The molecule has 1 aromatic carbocycles. The average Bonchev–Trinajstić information content (AvgIpc) is 2.71. The normalized spacial score (nSPS) is 10.7. The number of rotatable bonds is 3. The molecule has 84 valence electrons. The molecule has 0 radical (unpaired) electrons. The van der Waals surface area contributed by atoms with E-state index in [2.05, 4.69) is 48.8 Å². The van der Waals surface area contributed by atoms with Crippen molar-refractivity contribution in [3.05, 3.63) is 38.2 Å². The average molecular weight is 393 g/mol. The Hall–Kier alpha value is -0.400. The van der Waals surface area contributed by atoms with Crippen molar-refractivity contribution in [2.24, 2.45) is 0 Å². The summed E-state index contributed by atoms with van der Waals surface area (Å²) in [4.78, 5) is 4.42. The number of nitrogens with zero attached hydrogens (tertiary/aromatic N) is 1. The molecule has 2 rings (SSSR count). The number of aromatic nitrogens is 1. The minimum absolute atomic E-state index is 0.663. The Bertz CT molecular complexity index is 498. The van der Waals surface area contributed by atoms with Crippen LogP contribution in [-0.2, 0) is 6.54 Å². The van der Waals surface area contributed by atoms with E-state index < -0.39 is 0 Å². The molecule has 0 bridgehead atoms. The number of oxazole rings is 1. The van der Waals surface area contributed by atoms with Crippen LogP contribution in [0.4, 0.5) is 0 Å². The van der Waals surface area contributed by atoms with Crippen LogP contribution >= 0.6 is 38.5 Å². The minimum atomic E-state index is 0.663. The van der Waals surface area contributed by atoms with Crippen molar-refractivity contribution < 1.29 is 4.42 Å². The third-order valence-electron chi connectivity index (χ3n) is 2.07. The van der Waals surface area contributed by atoms with E-state index in [1.807, 2.05) is 25.2 Å². The topological polar surface area (TPSA) is 38.1 Å². The first-order valence-electron chi connectivity index (χ1n) is 4.75. The zero-order chi connectivity index (χ0) is 11.5. The summed E-state index contributed by atoms with van der Waals surface area (Å²) in [6.45, 7) is 0.716. The van der Waals surface area contributed by atoms with Gasteiger partial charge < -0.3 is 9.73 Å². The molecular weight excluding hydrogens is 383 g/mol. The van der Waals surface area contributed by atoms with E-state index in [1.165, 1.54) is 0 Å². The summed E-state index contributed by atoms with van der Waals surface area (Å²) < 4.78 is 7.61. The van der Waals surface area contributed by atoms with Crippen LogP contribution in [0.1, 0.15) is 5.69 Å². The molecule has 16 heavy (non-hydrogen) atoms. The summed E-state index contributed by atoms with van der Waals surface area (Å²) in [5.41, 5.74) is 1.92. The number of nitrogens with one attached hydrogen (secondary N) is 1. The Kier molecular flexibility index (Phi) is 3.99. The smallest absolute Gasteiger partial charge is 0.227 e. The number of halogens is 2. The highest BCUT2D eigenvalue weighted by molar-refractivity contribution is 14.1. The zero-order valence-electron chi connectivity index (χ0n) is 8.63. The van der Waals surface area contributed by atoms with Crippen molar-refractivity contribution in [1.82, 2.24) is 10.3 Å². The predicted octanol–water partition coefficient (Wildman–Crippen LogP) is 3.43. The quantitative estimate of drug-likeness (QED) is 0.813. The zero-order valence-corrected chi connectivity index (χ0v) is 12.4. The van der Waals surface area contributed by atoms with Crippen LogP contribution < -0.4 is 5.32 Å². The number of hydrogen-bond acceptors (Lipinski definition) is 3. The van der Waals surface area contributed by atoms with E-state index in [4.69, 9.17) is 4.42 Å². The second-order valence-corrected chi connectivity index (χ2v) is 5.38. The van der Waals surface area contributed by atoms with Gasteiger partial charge in [0.1, 0.15) is 6.26 Å². The van der Waals surface area contributed by atoms with Crippen molar-refractivity contribution in [2.45, 2.75) is 6.54 Å². The molecule has 0 aliphatic rings. The van der Waals surface area contributed by atoms with Gasteiger partial charge in [0.25, 0.3) is 0 Å². The molecule has 1 aromatic heterocycles. The number of hydrogen-bond donors (Lipinski definition) is 1. The molecule has 3 nitrogen and oxygen atoms in total. The third kappa shape index (κ3) is 2.64. The van der Waals surface area contributed by atoms with Gasteiger partial charge in [0, 0.05) is 14.6 Å². The SMILES string of the molecule is CNCc1coc(-c2cc(Br)ccc2I)n1. The Balaban J connectivity index is 2.38. The van der Waals surface area contributed by atoms with Gasteiger partial charge in [0.05, 0.1) is 11.3 Å². The Morgan fingerprint density at radius 3 is 3.06 bits per heavy atom. The predicted molar refractivity (Wildman–Crippen MR) is 75.1 cm³/mol. The van der Waals surface area contributed by atoms with E-state index >= 15 is 0 Å². The largest absolute Gasteiger partial charge is 0.444 e. The summed E-state index contributed by atoms with van der Waals surface area (Å²) in [7, 11) is 1.89. The van der Waals surface area contributed by atoms with Crippen LogP contribution in [0.25, 0.3) is 11.5 Å². The fourth-order valence-corrected chi connectivity index (χ4v) is 2.28. The van der Waals surface area contributed by atoms with Crippen molar-refractivity contribution in [2.75, 3.05) is 7.05 Å². The molecule has 0 saturated heterocycles. The Morgan fingerprint density at radius 1 is 1.50 bits per heavy atom. The lowest BCUT2D eigenvalue weighted by molar-refractivity contribution is 0.571. The Morgan fingerprint density at radius 2 is 2.31 bits per heavy atom. The van der Waals surface area contributed by atoms with Gasteiger partial charge in [-0.25, -0.2) is 4.98 Å². The van der Waals surface area contributed by atoms with Gasteiger partial charge in [0.15, 0.2) is 0 Å². The molecule has 1 heterocycles. The van der Waals surface area contributed by atoms with Gasteiger partial charge in [-0.3, -0.25) is 0 Å². The fraction of sp³-hybridized carbons (Fsp3) is 0.182. The van der Waals surface area contributed by atoms with Gasteiger partial charge in [-0.2, -0.15) is 0 Å². The molecule has 0 aliphatic heterocycles. The lowest BCUT2D eigenvalue weighted by Gasteiger charge is -2.00. The minimum Gasteiger partial charge on any atom is -0.444 e. The highest BCUT2D eigenvalue weighted by atomic mass is 127. The molecule has 0 amide bonds. The monoisotopic (exact) mass is 392 g/mol. The number of benzene rings is 1. The first-order valence-corrected chi connectivity index (χ1v) is 6.62. The molecule has 1 N–H and O–H groups in total. The highest BCUT2D eigenvalue weighted by Gasteiger charge is 2.10. The molecule has 0 unspecified atom stereocenters. The third-order valence-corrected chi connectivity index (χ3v) is 3.50. The molecular formula is C11H10BrIN2O. The Labute approximate surface area is 116 Å². The van der Waals surface area contributed by atoms with Gasteiger partial charge in [-0.15, -0.1) is 0 Å². The highest BCUT2D eigenvalue weighted by Crippen LogP contribution is 2.27. The molecule has 0 aliphatic carbocycles. The van der Waals surface area contributed by atoms with Crippen molar-refractivity contribution >= 4 is 38.5 Å². The van der Waals surface area contributed by atoms with Crippen LogP contribution in [0.2, 0.25) is 0 Å². The molecule has 0 spiro atoms. The molecule has 0 atom stereocenters. The molecule has 0 saturated carbocycles. The van der Waals surface area contributed by atoms with Crippen LogP contribution in [0, 0.1) is 3.57 Å². The van der Waals surface area contributed by atoms with Crippen LogP contribution in [-0.4, -0.2) is 12.0 Å². The first kappa shape index (κ1) is 12.1. The van der Waals surface area contributed by atoms with Crippen molar-refractivity contribution in [3.8, 4) is 11.5 Å². The van der Waals surface area contributed by atoms with Gasteiger partial charge in [-0.05, 0) is 47.8 Å². The van der Waals surface area contributed by atoms with Gasteiger partial charge in [-0.1, -0.05) is 15.9 Å². The maximum Gasteiger partial charge on any atom is 0.227 e. The first-order chi connectivity index (χ1) is 7.70. The van der Waals surface area contributed by atoms with Gasteiger partial charge in [0.2, 0.25) is 5.89 Å². The summed E-state index contributed by atoms with van der Waals surface area (Å²) in [6, 6.07) is 6.04. The van der Waals surface area contributed by atoms with Crippen LogP contribution in [0.15, 0.2) is 33.4 Å². The maximum absolute atomic E-state index is 5.46. The van der Waals surface area contributed by atoms with Crippen LogP contribution in [0.5, 0.6) is 0 Å². The van der Waals surface area contributed by atoms with Crippen molar-refractivity contribution in [1.29, 1.82) is 0 Å². The second-order valence-electron chi connectivity index (χ2n) is 3.30. The lowest BCUT2D eigenvalue weighted by atomic mass is 10.2. The summed E-state index contributed by atoms with van der Waals surface area (Å²) in [5, 5.41) is 3.04. The fourth-order valence-electron chi connectivity index (χ4n) is 1.35. The standard InChI is InChI=1S/C11H10BrIN2O/c1-14-5-8-6-16-11(15-8)9-4-7(12)2-3-10(9)13/h2-4,6,14H,5H2,1H3. The van der Waals surface area contributed by atoms with Crippen LogP contribution in [0.3, 0.4) is 0 Å². The van der Waals surface area contributed by atoms with Gasteiger partial charge >= 0.3 is 0 Å². The lowest BCUT2D eigenvalue weighted by Crippen LogP contribution is -2.04.